The Bertz CT molecular complexity index is 295. The van der Waals surface area contributed by atoms with Gasteiger partial charge in [-0.1, -0.05) is 43.5 Å². The van der Waals surface area contributed by atoms with Gasteiger partial charge in [0.1, 0.15) is 0 Å². The zero-order valence-electron chi connectivity index (χ0n) is 8.30. The molecule has 2 N–H and O–H groups in total. The first-order valence-corrected chi connectivity index (χ1v) is 5.38. The van der Waals surface area contributed by atoms with Crippen LogP contribution in [0.4, 0.5) is 0 Å². The van der Waals surface area contributed by atoms with E-state index in [2.05, 4.69) is 18.8 Å². The van der Waals surface area contributed by atoms with Crippen LogP contribution in [0.2, 0.25) is 10.0 Å². The third-order valence-electron chi connectivity index (χ3n) is 2.48. The normalized spacial score (nSPS) is 15.2. The number of halogens is 2. The van der Waals surface area contributed by atoms with Crippen LogP contribution in [-0.2, 0) is 0 Å². The summed E-state index contributed by atoms with van der Waals surface area (Å²) in [7, 11) is 0. The summed E-state index contributed by atoms with van der Waals surface area (Å²) in [5, 5.41) is 1.09. The van der Waals surface area contributed by atoms with Gasteiger partial charge in [0.25, 0.3) is 0 Å². The van der Waals surface area contributed by atoms with E-state index in [-0.39, 0.29) is 6.04 Å². The standard InChI is InChI=1S/C10H14Cl2N2/c1-3-6(2)10(13)9-7(11)4-14-5-8(9)12/h4-6,10H,3,13H2,1-2H3/t6?,10-/m1/s1. The Labute approximate surface area is 94.4 Å². The molecule has 0 radical (unpaired) electrons. The second-order valence-corrected chi connectivity index (χ2v) is 4.24. The van der Waals surface area contributed by atoms with Crippen molar-refractivity contribution in [2.45, 2.75) is 26.3 Å². The highest BCUT2D eigenvalue weighted by atomic mass is 35.5. The van der Waals surface area contributed by atoms with E-state index < -0.39 is 0 Å². The number of pyridine rings is 1. The third-order valence-corrected chi connectivity index (χ3v) is 3.08. The van der Waals surface area contributed by atoms with Gasteiger partial charge >= 0.3 is 0 Å². The van der Waals surface area contributed by atoms with E-state index in [0.29, 0.717) is 16.0 Å². The van der Waals surface area contributed by atoms with Crippen LogP contribution in [0.3, 0.4) is 0 Å². The average Bonchev–Trinajstić information content (AvgIpc) is 2.16. The number of nitrogens with zero attached hydrogens (tertiary/aromatic N) is 1. The van der Waals surface area contributed by atoms with Crippen molar-refractivity contribution in [1.29, 1.82) is 0 Å². The van der Waals surface area contributed by atoms with Crippen molar-refractivity contribution in [3.8, 4) is 0 Å². The molecule has 2 atom stereocenters. The minimum absolute atomic E-state index is 0.122. The van der Waals surface area contributed by atoms with Gasteiger partial charge in [-0.05, 0) is 5.92 Å². The van der Waals surface area contributed by atoms with Gasteiger partial charge in [-0.25, -0.2) is 0 Å². The topological polar surface area (TPSA) is 38.9 Å². The smallest absolute Gasteiger partial charge is 0.0652 e. The Morgan fingerprint density at radius 1 is 1.36 bits per heavy atom. The van der Waals surface area contributed by atoms with Gasteiger partial charge in [0.15, 0.2) is 0 Å². The molecular weight excluding hydrogens is 219 g/mol. The first-order chi connectivity index (χ1) is 6.57. The molecule has 78 valence electrons. The third kappa shape index (κ3) is 2.38. The molecule has 0 bridgehead atoms. The molecule has 1 rings (SSSR count). The summed E-state index contributed by atoms with van der Waals surface area (Å²) in [6.07, 6.45) is 4.15. The lowest BCUT2D eigenvalue weighted by Gasteiger charge is -2.20. The number of hydrogen-bond acceptors (Lipinski definition) is 2. The highest BCUT2D eigenvalue weighted by Gasteiger charge is 2.19. The fourth-order valence-electron chi connectivity index (χ4n) is 1.28. The molecule has 4 heteroatoms. The molecule has 0 amide bonds. The van der Waals surface area contributed by atoms with Gasteiger partial charge < -0.3 is 5.73 Å². The van der Waals surface area contributed by atoms with Crippen molar-refractivity contribution < 1.29 is 0 Å². The van der Waals surface area contributed by atoms with Crippen molar-refractivity contribution in [3.63, 3.8) is 0 Å². The van der Waals surface area contributed by atoms with E-state index in [4.69, 9.17) is 28.9 Å². The number of nitrogens with two attached hydrogens (primary N) is 1. The van der Waals surface area contributed by atoms with Crippen molar-refractivity contribution in [2.24, 2.45) is 11.7 Å². The Morgan fingerprint density at radius 3 is 2.29 bits per heavy atom. The number of hydrogen-bond donors (Lipinski definition) is 1. The first-order valence-electron chi connectivity index (χ1n) is 4.62. The summed E-state index contributed by atoms with van der Waals surface area (Å²) in [5.41, 5.74) is 6.86. The van der Waals surface area contributed by atoms with Crippen LogP contribution in [0.25, 0.3) is 0 Å². The lowest BCUT2D eigenvalue weighted by atomic mass is 9.94. The van der Waals surface area contributed by atoms with E-state index in [1.165, 1.54) is 0 Å². The minimum atomic E-state index is -0.122. The molecule has 1 unspecified atom stereocenters. The van der Waals surface area contributed by atoms with Gasteiger partial charge in [0.05, 0.1) is 10.0 Å². The van der Waals surface area contributed by atoms with Crippen LogP contribution in [0.5, 0.6) is 0 Å². The molecule has 0 spiro atoms. The van der Waals surface area contributed by atoms with Crippen LogP contribution >= 0.6 is 23.2 Å². The van der Waals surface area contributed by atoms with E-state index in [0.717, 1.165) is 12.0 Å². The molecule has 0 aliphatic heterocycles. The number of aromatic nitrogens is 1. The highest BCUT2D eigenvalue weighted by molar-refractivity contribution is 6.35. The van der Waals surface area contributed by atoms with Crippen LogP contribution in [0.1, 0.15) is 31.9 Å². The predicted octanol–water partition coefficient (Wildman–Crippen LogP) is 3.43. The molecule has 1 aromatic rings. The maximum absolute atomic E-state index is 6.05. The molecule has 14 heavy (non-hydrogen) atoms. The molecular formula is C10H14Cl2N2. The van der Waals surface area contributed by atoms with Crippen molar-refractivity contribution in [2.75, 3.05) is 0 Å². The monoisotopic (exact) mass is 232 g/mol. The average molecular weight is 233 g/mol. The van der Waals surface area contributed by atoms with Crippen molar-refractivity contribution >= 4 is 23.2 Å². The Kier molecular flexibility index (Phi) is 4.17. The quantitative estimate of drug-likeness (QED) is 0.868. The molecule has 0 aliphatic carbocycles. The van der Waals surface area contributed by atoms with E-state index >= 15 is 0 Å². The zero-order chi connectivity index (χ0) is 10.7. The fraction of sp³-hybridized carbons (Fsp3) is 0.500. The Hall–Kier alpha value is -0.310. The van der Waals surface area contributed by atoms with E-state index in [9.17, 15) is 0 Å². The minimum Gasteiger partial charge on any atom is -0.324 e. The summed E-state index contributed by atoms with van der Waals surface area (Å²) in [5.74, 6) is 0.354. The maximum Gasteiger partial charge on any atom is 0.0652 e. The van der Waals surface area contributed by atoms with Crippen LogP contribution in [0.15, 0.2) is 12.4 Å². The lowest BCUT2D eigenvalue weighted by molar-refractivity contribution is 0.457. The SMILES string of the molecule is CCC(C)[C@@H](N)c1c(Cl)cncc1Cl. The largest absolute Gasteiger partial charge is 0.324 e. The molecule has 0 aliphatic rings. The molecule has 0 fully saturated rings. The summed E-state index contributed by atoms with van der Waals surface area (Å²) in [6.45, 7) is 4.17. The highest BCUT2D eigenvalue weighted by Crippen LogP contribution is 2.32. The molecule has 0 aromatic carbocycles. The Balaban J connectivity index is 3.05. The fourth-order valence-corrected chi connectivity index (χ4v) is 1.89. The second-order valence-electron chi connectivity index (χ2n) is 3.43. The molecule has 1 aromatic heterocycles. The summed E-state index contributed by atoms with van der Waals surface area (Å²) >= 11 is 12.0. The molecule has 1 heterocycles. The van der Waals surface area contributed by atoms with Gasteiger partial charge in [-0.2, -0.15) is 0 Å². The molecule has 2 nitrogen and oxygen atoms in total. The molecule has 0 saturated heterocycles. The van der Waals surface area contributed by atoms with Crippen molar-refractivity contribution in [1.82, 2.24) is 4.98 Å². The Morgan fingerprint density at radius 2 is 1.86 bits per heavy atom. The van der Waals surface area contributed by atoms with E-state index in [1.54, 1.807) is 12.4 Å². The van der Waals surface area contributed by atoms with Crippen molar-refractivity contribution in [3.05, 3.63) is 28.0 Å². The summed E-state index contributed by atoms with van der Waals surface area (Å²) < 4.78 is 0. The second kappa shape index (κ2) is 4.96. The van der Waals surface area contributed by atoms with Gasteiger partial charge in [0, 0.05) is 24.0 Å². The van der Waals surface area contributed by atoms with E-state index in [1.807, 2.05) is 0 Å². The predicted molar refractivity (Wildman–Crippen MR) is 60.6 cm³/mol. The maximum atomic E-state index is 6.05. The summed E-state index contributed by atoms with van der Waals surface area (Å²) in [6, 6.07) is -0.122. The summed E-state index contributed by atoms with van der Waals surface area (Å²) in [4.78, 5) is 3.89. The number of rotatable bonds is 3. The lowest BCUT2D eigenvalue weighted by Crippen LogP contribution is -2.19. The van der Waals surface area contributed by atoms with Crippen LogP contribution in [0, 0.1) is 5.92 Å². The van der Waals surface area contributed by atoms with Gasteiger partial charge in [-0.15, -0.1) is 0 Å². The first kappa shape index (κ1) is 11.8. The van der Waals surface area contributed by atoms with Gasteiger partial charge in [-0.3, -0.25) is 4.98 Å². The van der Waals surface area contributed by atoms with Crippen LogP contribution in [-0.4, -0.2) is 4.98 Å². The zero-order valence-corrected chi connectivity index (χ0v) is 9.81. The van der Waals surface area contributed by atoms with Gasteiger partial charge in [0.2, 0.25) is 0 Å². The molecule has 0 saturated carbocycles. The van der Waals surface area contributed by atoms with Crippen LogP contribution < -0.4 is 5.73 Å².